The lowest BCUT2D eigenvalue weighted by Crippen LogP contribution is -2.48. The first-order valence-electron chi connectivity index (χ1n) is 13.3. The number of piperazine rings is 1. The molecule has 0 bridgehead atoms. The summed E-state index contributed by atoms with van der Waals surface area (Å²) in [5.41, 5.74) is 5.27. The van der Waals surface area contributed by atoms with Crippen LogP contribution in [-0.4, -0.2) is 64.9 Å². The van der Waals surface area contributed by atoms with Crippen molar-refractivity contribution < 1.29 is 24.9 Å². The molecule has 1 aliphatic carbocycles. The molecule has 0 radical (unpaired) electrons. The van der Waals surface area contributed by atoms with E-state index in [1.165, 1.54) is 23.3 Å². The Balaban J connectivity index is 1.67. The summed E-state index contributed by atoms with van der Waals surface area (Å²) in [4.78, 5) is 26.7. The van der Waals surface area contributed by atoms with Crippen LogP contribution in [0.25, 0.3) is 0 Å². The predicted octanol–water partition coefficient (Wildman–Crippen LogP) is 4.42. The molecule has 2 aromatic carbocycles. The summed E-state index contributed by atoms with van der Waals surface area (Å²) in [6.45, 7) is 12.9. The molecule has 4 rings (SSSR count). The van der Waals surface area contributed by atoms with Gasteiger partial charge in [-0.15, -0.1) is 0 Å². The topological polar surface area (TPSA) is 101 Å². The molecule has 2 aliphatic rings. The molecule has 0 saturated carbocycles. The van der Waals surface area contributed by atoms with Gasteiger partial charge in [0.05, 0.1) is 12.0 Å². The highest BCUT2D eigenvalue weighted by Gasteiger charge is 2.40. The molecule has 202 valence electrons. The quantitative estimate of drug-likeness (QED) is 0.487. The second-order valence-corrected chi connectivity index (χ2v) is 11.8. The third-order valence-corrected chi connectivity index (χ3v) is 8.08. The number of benzene rings is 2. The lowest BCUT2D eigenvalue weighted by molar-refractivity contribution is -0.137. The molecule has 1 heterocycles. The zero-order valence-electron chi connectivity index (χ0n) is 22.8. The molecule has 1 saturated heterocycles. The van der Waals surface area contributed by atoms with Crippen LogP contribution in [0.1, 0.15) is 85.7 Å². The largest absolute Gasteiger partial charge is 0.481 e. The first-order valence-corrected chi connectivity index (χ1v) is 13.3. The van der Waals surface area contributed by atoms with Gasteiger partial charge in [-0.05, 0) is 70.7 Å². The van der Waals surface area contributed by atoms with E-state index in [2.05, 4.69) is 61.5 Å². The number of carboxylic acids is 2. The highest BCUT2D eigenvalue weighted by atomic mass is 16.4. The number of aromatic carboxylic acids is 1. The van der Waals surface area contributed by atoms with Crippen molar-refractivity contribution in [1.29, 1.82) is 0 Å². The fourth-order valence-electron chi connectivity index (χ4n) is 5.58. The zero-order valence-corrected chi connectivity index (χ0v) is 22.8. The van der Waals surface area contributed by atoms with E-state index < -0.39 is 18.0 Å². The first kappa shape index (κ1) is 27.7. The Bertz CT molecular complexity index is 1260. The minimum Gasteiger partial charge on any atom is -0.481 e. The number of hydrogen-bond donors (Lipinski definition) is 3. The summed E-state index contributed by atoms with van der Waals surface area (Å²) in [6.07, 6.45) is 1.29. The van der Waals surface area contributed by atoms with Gasteiger partial charge in [0, 0.05) is 44.0 Å². The molecule has 7 nitrogen and oxygen atoms in total. The number of carbonyl (C=O) groups is 2. The van der Waals surface area contributed by atoms with Crippen molar-refractivity contribution in [3.05, 3.63) is 64.2 Å². The fourth-order valence-corrected chi connectivity index (χ4v) is 5.58. The molecule has 0 spiro atoms. The second kappa shape index (κ2) is 10.8. The molecule has 38 heavy (non-hydrogen) atoms. The Morgan fingerprint density at radius 1 is 0.947 bits per heavy atom. The van der Waals surface area contributed by atoms with Crippen molar-refractivity contribution in [3.63, 3.8) is 0 Å². The average molecular weight is 519 g/mol. The van der Waals surface area contributed by atoms with Crippen LogP contribution in [0.5, 0.6) is 0 Å². The normalized spacial score (nSPS) is 19.1. The van der Waals surface area contributed by atoms with E-state index in [9.17, 15) is 14.7 Å². The van der Waals surface area contributed by atoms with Gasteiger partial charge in [-0.3, -0.25) is 9.69 Å². The molecule has 1 fully saturated rings. The molecule has 2 aromatic rings. The number of carboxylic acid groups (broad SMARTS) is 2. The average Bonchev–Trinajstić information content (AvgIpc) is 2.88. The molecule has 1 atom stereocenters. The summed E-state index contributed by atoms with van der Waals surface area (Å²) < 4.78 is 0. The number of fused-ring (bicyclic) bond motifs is 1. The number of aliphatic carboxylic acids is 1. The summed E-state index contributed by atoms with van der Waals surface area (Å²) in [7, 11) is 0. The summed E-state index contributed by atoms with van der Waals surface area (Å²) in [5.74, 6) is 4.19. The third-order valence-electron chi connectivity index (χ3n) is 8.08. The van der Waals surface area contributed by atoms with E-state index >= 15 is 0 Å². The van der Waals surface area contributed by atoms with Crippen molar-refractivity contribution >= 4 is 17.6 Å². The molecule has 1 aliphatic heterocycles. The Labute approximate surface area is 225 Å². The molecule has 7 heteroatoms. The van der Waals surface area contributed by atoms with Gasteiger partial charge in [-0.25, -0.2) is 4.79 Å². The van der Waals surface area contributed by atoms with Crippen LogP contribution in [0.4, 0.5) is 5.69 Å². The third kappa shape index (κ3) is 6.03. The van der Waals surface area contributed by atoms with Gasteiger partial charge < -0.3 is 20.2 Å². The molecular weight excluding hydrogens is 480 g/mol. The number of rotatable bonds is 6. The van der Waals surface area contributed by atoms with Crippen LogP contribution in [0.3, 0.4) is 0 Å². The van der Waals surface area contributed by atoms with E-state index in [4.69, 9.17) is 10.2 Å². The highest BCUT2D eigenvalue weighted by molar-refractivity contribution is 5.87. The Kier molecular flexibility index (Phi) is 7.87. The second-order valence-electron chi connectivity index (χ2n) is 11.8. The Morgan fingerprint density at radius 2 is 1.58 bits per heavy atom. The molecule has 0 amide bonds. The maximum absolute atomic E-state index is 11.2. The molecule has 1 unspecified atom stereocenters. The maximum Gasteiger partial charge on any atom is 0.335 e. The smallest absolute Gasteiger partial charge is 0.335 e. The van der Waals surface area contributed by atoms with E-state index in [1.807, 2.05) is 0 Å². The molecule has 0 aromatic heterocycles. The summed E-state index contributed by atoms with van der Waals surface area (Å²) in [6, 6.07) is 10.5. The van der Waals surface area contributed by atoms with Crippen molar-refractivity contribution in [1.82, 2.24) is 4.90 Å². The van der Waals surface area contributed by atoms with E-state index in [1.54, 1.807) is 12.1 Å². The van der Waals surface area contributed by atoms with Gasteiger partial charge in [0.1, 0.15) is 6.10 Å². The number of hydrogen-bond acceptors (Lipinski definition) is 5. The van der Waals surface area contributed by atoms with Crippen molar-refractivity contribution in [2.45, 2.75) is 63.9 Å². The van der Waals surface area contributed by atoms with E-state index in [0.29, 0.717) is 12.1 Å². The van der Waals surface area contributed by atoms with Gasteiger partial charge in [-0.2, -0.15) is 0 Å². The van der Waals surface area contributed by atoms with Gasteiger partial charge >= 0.3 is 11.9 Å². The Hall–Kier alpha value is -3.34. The van der Waals surface area contributed by atoms with Crippen LogP contribution in [0, 0.1) is 11.8 Å². The minimum atomic E-state index is -0.990. The molecule has 3 N–H and O–H groups in total. The van der Waals surface area contributed by atoms with Gasteiger partial charge in [0.15, 0.2) is 0 Å². The maximum atomic E-state index is 11.2. The zero-order chi connectivity index (χ0) is 27.7. The van der Waals surface area contributed by atoms with E-state index in [0.717, 1.165) is 50.3 Å². The van der Waals surface area contributed by atoms with Crippen LogP contribution in [0.15, 0.2) is 36.4 Å². The van der Waals surface area contributed by atoms with Crippen molar-refractivity contribution in [2.75, 3.05) is 37.6 Å². The number of aliphatic hydroxyl groups excluding tert-OH is 1. The van der Waals surface area contributed by atoms with Gasteiger partial charge in [-0.1, -0.05) is 45.6 Å². The minimum absolute atomic E-state index is 0.0122. The summed E-state index contributed by atoms with van der Waals surface area (Å²) >= 11 is 0. The first-order chi connectivity index (χ1) is 17.9. The van der Waals surface area contributed by atoms with Crippen LogP contribution >= 0.6 is 0 Å². The van der Waals surface area contributed by atoms with Gasteiger partial charge in [0.25, 0.3) is 0 Å². The lowest BCUT2D eigenvalue weighted by Gasteiger charge is -2.46. The number of anilines is 1. The predicted molar refractivity (Wildman–Crippen MR) is 148 cm³/mol. The van der Waals surface area contributed by atoms with Crippen LogP contribution in [0.2, 0.25) is 0 Å². The van der Waals surface area contributed by atoms with Crippen molar-refractivity contribution in [3.8, 4) is 11.8 Å². The van der Waals surface area contributed by atoms with Crippen LogP contribution in [-0.2, 0) is 15.6 Å². The number of nitrogens with zero attached hydrogens (tertiary/aromatic N) is 2. The SMILES string of the molecule is CC1(C)CCC(C)(C)c2c(N3CCN(CCC(=O)O)CC3)cc(C(O)C#Cc3ccc(C(=O)O)cc3)cc21. The highest BCUT2D eigenvalue weighted by Crippen LogP contribution is 2.50. The standard InChI is InChI=1S/C31H38N2O5/c1-30(2)12-13-31(3,4)28-24(30)19-23(26(34)10-7-21-5-8-22(9-6-21)29(37)38)20-25(28)33-17-15-32(16-18-33)14-11-27(35)36/h5-6,8-9,19-20,26,34H,11-18H2,1-4H3,(H,35,36)(H,37,38). The monoisotopic (exact) mass is 518 g/mol. The lowest BCUT2D eigenvalue weighted by atomic mass is 9.62. The van der Waals surface area contributed by atoms with Crippen molar-refractivity contribution in [2.24, 2.45) is 0 Å². The van der Waals surface area contributed by atoms with Crippen LogP contribution < -0.4 is 4.90 Å². The number of aliphatic hydroxyl groups is 1. The Morgan fingerprint density at radius 3 is 2.18 bits per heavy atom. The van der Waals surface area contributed by atoms with Gasteiger partial charge in [0.2, 0.25) is 0 Å². The van der Waals surface area contributed by atoms with E-state index in [-0.39, 0.29) is 22.8 Å². The fraction of sp³-hybridized carbons (Fsp3) is 0.484. The molecular formula is C31H38N2O5. The summed E-state index contributed by atoms with van der Waals surface area (Å²) in [5, 5.41) is 29.3.